The van der Waals surface area contributed by atoms with Crippen LogP contribution in [0.1, 0.15) is 35.6 Å². The zero-order chi connectivity index (χ0) is 16.4. The lowest BCUT2D eigenvalue weighted by Crippen LogP contribution is -2.33. The lowest BCUT2D eigenvalue weighted by atomic mass is 9.75. The second kappa shape index (κ2) is 5.20. The highest BCUT2D eigenvalue weighted by molar-refractivity contribution is 8.00. The maximum atomic E-state index is 11.9. The van der Waals surface area contributed by atoms with Crippen molar-refractivity contribution in [2.24, 2.45) is 17.8 Å². The standard InChI is InChI=1S/C17H16N2O3S2/c20-17-18-16-15(24-17)13(8-2-1-3-11(7-8)19(21)22)12-9-4-5-10(6-9)14(12)23-16/h1-3,7,9-10,12-14H,4-6H2,(H,18,20)/t9-,10-,12+,13-,14+/m0/s1. The number of nitrogens with zero attached hydrogens (tertiary/aromatic N) is 1. The fourth-order valence-electron chi connectivity index (χ4n) is 5.05. The van der Waals surface area contributed by atoms with E-state index in [-0.39, 0.29) is 21.4 Å². The summed E-state index contributed by atoms with van der Waals surface area (Å²) in [5, 5.41) is 12.7. The monoisotopic (exact) mass is 360 g/mol. The molecule has 7 heteroatoms. The Bertz CT molecular complexity index is 890. The molecular formula is C17H16N2O3S2. The van der Waals surface area contributed by atoms with E-state index in [1.807, 2.05) is 17.8 Å². The summed E-state index contributed by atoms with van der Waals surface area (Å²) in [6, 6.07) is 7.01. The molecule has 1 N–H and O–H groups in total. The molecule has 2 aliphatic carbocycles. The third-order valence-corrected chi connectivity index (χ3v) is 8.53. The maximum Gasteiger partial charge on any atom is 0.305 e. The average molecular weight is 360 g/mol. The van der Waals surface area contributed by atoms with Crippen LogP contribution < -0.4 is 4.87 Å². The molecule has 0 spiro atoms. The average Bonchev–Trinajstić information content (AvgIpc) is 3.26. The van der Waals surface area contributed by atoms with Gasteiger partial charge >= 0.3 is 4.87 Å². The second-order valence-electron chi connectivity index (χ2n) is 7.03. The van der Waals surface area contributed by atoms with E-state index in [4.69, 9.17) is 0 Å². The molecule has 2 fully saturated rings. The Morgan fingerprint density at radius 2 is 2.08 bits per heavy atom. The van der Waals surface area contributed by atoms with Crippen molar-refractivity contribution in [3.05, 3.63) is 54.5 Å². The lowest BCUT2D eigenvalue weighted by molar-refractivity contribution is -0.384. The number of hydrogen-bond donors (Lipinski definition) is 1. The van der Waals surface area contributed by atoms with Crippen LogP contribution in [0.15, 0.2) is 34.1 Å². The van der Waals surface area contributed by atoms with Gasteiger partial charge in [-0.05, 0) is 42.6 Å². The third kappa shape index (κ3) is 2.04. The Balaban J connectivity index is 1.68. The molecule has 0 radical (unpaired) electrons. The molecule has 0 unspecified atom stereocenters. The molecule has 1 aromatic carbocycles. The number of nitro benzene ring substituents is 1. The molecule has 0 amide bonds. The van der Waals surface area contributed by atoms with E-state index < -0.39 is 0 Å². The van der Waals surface area contributed by atoms with Crippen molar-refractivity contribution in [2.75, 3.05) is 0 Å². The number of fused-ring (bicyclic) bond motifs is 6. The molecule has 5 nitrogen and oxygen atoms in total. The molecule has 124 valence electrons. The number of thiazole rings is 1. The van der Waals surface area contributed by atoms with Gasteiger partial charge in [0.05, 0.1) is 9.95 Å². The molecule has 5 rings (SSSR count). The van der Waals surface area contributed by atoms with Crippen LogP contribution in [-0.2, 0) is 0 Å². The minimum Gasteiger partial charge on any atom is -0.307 e. The van der Waals surface area contributed by atoms with Gasteiger partial charge in [0.15, 0.2) is 0 Å². The number of nitrogens with one attached hydrogen (secondary N) is 1. The van der Waals surface area contributed by atoms with E-state index >= 15 is 0 Å². The first-order chi connectivity index (χ1) is 11.6. The van der Waals surface area contributed by atoms with Crippen molar-refractivity contribution in [3.63, 3.8) is 0 Å². The van der Waals surface area contributed by atoms with Gasteiger partial charge in [0, 0.05) is 28.2 Å². The molecule has 2 bridgehead atoms. The fourth-order valence-corrected chi connectivity index (χ4v) is 7.95. The van der Waals surface area contributed by atoms with Crippen molar-refractivity contribution < 1.29 is 4.92 Å². The van der Waals surface area contributed by atoms with E-state index in [1.165, 1.54) is 30.6 Å². The minimum atomic E-state index is -0.333. The smallest absolute Gasteiger partial charge is 0.305 e. The van der Waals surface area contributed by atoms with Gasteiger partial charge < -0.3 is 4.98 Å². The molecule has 3 aliphatic rings. The molecule has 2 heterocycles. The summed E-state index contributed by atoms with van der Waals surface area (Å²) in [7, 11) is 0. The number of aromatic nitrogens is 1. The molecule has 1 aromatic heterocycles. The number of nitro groups is 1. The molecule has 5 atom stereocenters. The van der Waals surface area contributed by atoms with Gasteiger partial charge in [0.25, 0.3) is 5.69 Å². The van der Waals surface area contributed by atoms with Crippen LogP contribution in [0.5, 0.6) is 0 Å². The highest BCUT2D eigenvalue weighted by Crippen LogP contribution is 2.63. The van der Waals surface area contributed by atoms with Crippen molar-refractivity contribution in [1.29, 1.82) is 0 Å². The van der Waals surface area contributed by atoms with Crippen LogP contribution in [0.2, 0.25) is 0 Å². The van der Waals surface area contributed by atoms with E-state index in [0.29, 0.717) is 17.1 Å². The number of benzene rings is 1. The molecular weight excluding hydrogens is 344 g/mol. The SMILES string of the molecule is O=c1[nH]c2c(s1)[C@@H](c1cccc([N+](=O)[O-])c1)[C@H]1[C@H]3CC[C@@H](C3)[C@H]1S2. The molecule has 0 saturated heterocycles. The zero-order valence-corrected chi connectivity index (χ0v) is 14.4. The zero-order valence-electron chi connectivity index (χ0n) is 12.8. The second-order valence-corrected chi connectivity index (χ2v) is 9.23. The number of hydrogen-bond acceptors (Lipinski definition) is 5. The Morgan fingerprint density at radius 1 is 1.25 bits per heavy atom. The van der Waals surface area contributed by atoms with Crippen LogP contribution in [0.3, 0.4) is 0 Å². The van der Waals surface area contributed by atoms with Crippen molar-refractivity contribution in [2.45, 2.75) is 35.5 Å². The predicted octanol–water partition coefficient (Wildman–Crippen LogP) is 4.00. The van der Waals surface area contributed by atoms with E-state index in [2.05, 4.69) is 4.98 Å². The van der Waals surface area contributed by atoms with Gasteiger partial charge in [0.1, 0.15) is 0 Å². The molecule has 2 saturated carbocycles. The van der Waals surface area contributed by atoms with Gasteiger partial charge in [0.2, 0.25) is 0 Å². The van der Waals surface area contributed by atoms with Gasteiger partial charge in [-0.1, -0.05) is 23.5 Å². The van der Waals surface area contributed by atoms with Gasteiger partial charge in [-0.2, -0.15) is 0 Å². The number of thioether (sulfide) groups is 1. The van der Waals surface area contributed by atoms with Crippen LogP contribution in [0.25, 0.3) is 0 Å². The summed E-state index contributed by atoms with van der Waals surface area (Å²) in [6.07, 6.45) is 3.81. The summed E-state index contributed by atoms with van der Waals surface area (Å²) >= 11 is 3.12. The van der Waals surface area contributed by atoms with E-state index in [1.54, 1.807) is 18.2 Å². The maximum absolute atomic E-state index is 11.9. The van der Waals surface area contributed by atoms with Crippen molar-refractivity contribution in [1.82, 2.24) is 4.98 Å². The first kappa shape index (κ1) is 14.7. The minimum absolute atomic E-state index is 0.0183. The van der Waals surface area contributed by atoms with Gasteiger partial charge in [-0.3, -0.25) is 14.9 Å². The van der Waals surface area contributed by atoms with E-state index in [0.717, 1.165) is 21.4 Å². The summed E-state index contributed by atoms with van der Waals surface area (Å²) in [5.41, 5.74) is 1.12. The van der Waals surface area contributed by atoms with Crippen LogP contribution in [0, 0.1) is 27.9 Å². The molecule has 24 heavy (non-hydrogen) atoms. The number of H-pyrrole nitrogens is 1. The molecule has 2 aromatic rings. The summed E-state index contributed by atoms with van der Waals surface area (Å²) in [4.78, 5) is 26.9. The van der Waals surface area contributed by atoms with Gasteiger partial charge in [-0.15, -0.1) is 11.8 Å². The van der Waals surface area contributed by atoms with Crippen LogP contribution >= 0.6 is 23.1 Å². The third-order valence-electron chi connectivity index (χ3n) is 5.91. The van der Waals surface area contributed by atoms with Crippen LogP contribution in [0.4, 0.5) is 5.69 Å². The number of rotatable bonds is 2. The highest BCUT2D eigenvalue weighted by Gasteiger charge is 2.54. The summed E-state index contributed by atoms with van der Waals surface area (Å²) in [5.74, 6) is 2.02. The lowest BCUT2D eigenvalue weighted by Gasteiger charge is -2.40. The number of aromatic amines is 1. The Morgan fingerprint density at radius 3 is 2.92 bits per heavy atom. The normalized spacial score (nSPS) is 33.2. The predicted molar refractivity (Wildman–Crippen MR) is 93.8 cm³/mol. The number of non-ortho nitro benzene ring substituents is 1. The van der Waals surface area contributed by atoms with Crippen LogP contribution in [-0.4, -0.2) is 15.2 Å². The Kier molecular flexibility index (Phi) is 3.19. The fraction of sp³-hybridized carbons (Fsp3) is 0.471. The van der Waals surface area contributed by atoms with E-state index in [9.17, 15) is 14.9 Å². The Labute approximate surface area is 146 Å². The largest absolute Gasteiger partial charge is 0.307 e. The topological polar surface area (TPSA) is 76.0 Å². The van der Waals surface area contributed by atoms with Gasteiger partial charge in [-0.25, -0.2) is 0 Å². The summed E-state index contributed by atoms with van der Waals surface area (Å²) in [6.45, 7) is 0. The first-order valence-electron chi connectivity index (χ1n) is 8.26. The molecule has 1 aliphatic heterocycles. The quantitative estimate of drug-likeness (QED) is 0.649. The Hall–Kier alpha value is -1.60. The van der Waals surface area contributed by atoms with Crippen molar-refractivity contribution >= 4 is 28.8 Å². The summed E-state index contributed by atoms with van der Waals surface area (Å²) < 4.78 is 0. The first-order valence-corrected chi connectivity index (χ1v) is 9.95. The highest BCUT2D eigenvalue weighted by atomic mass is 32.2. The van der Waals surface area contributed by atoms with Crippen molar-refractivity contribution in [3.8, 4) is 0 Å².